The second-order valence-corrected chi connectivity index (χ2v) is 4.74. The van der Waals surface area contributed by atoms with Gasteiger partial charge in [-0.05, 0) is 0 Å². The molecular weight excluding hydrogens is 236 g/mol. The van der Waals surface area contributed by atoms with Crippen LogP contribution in [0.1, 0.15) is 13.3 Å². The number of carbonyl (C=O) groups is 3. The first kappa shape index (κ1) is 14.6. The SMILES string of the molecule is CC(=O)N[C@@H](CS(=O)CCC(N)=O)C(=O)O. The van der Waals surface area contributed by atoms with Crippen molar-refractivity contribution in [2.24, 2.45) is 5.73 Å². The molecular formula is C8H14N2O5S. The van der Waals surface area contributed by atoms with Crippen molar-refractivity contribution in [3.63, 3.8) is 0 Å². The van der Waals surface area contributed by atoms with E-state index in [4.69, 9.17) is 10.8 Å². The number of nitrogens with two attached hydrogens (primary N) is 1. The number of hydrogen-bond acceptors (Lipinski definition) is 4. The highest BCUT2D eigenvalue weighted by molar-refractivity contribution is 7.85. The standard InChI is InChI=1S/C8H14N2O5S/c1-5(11)10-6(8(13)14)4-16(15)3-2-7(9)12/h6H,2-4H2,1H3,(H2,9,12)(H,10,11)(H,13,14)/t6-,16?/m0/s1. The smallest absolute Gasteiger partial charge is 0.327 e. The fourth-order valence-electron chi connectivity index (χ4n) is 0.904. The summed E-state index contributed by atoms with van der Waals surface area (Å²) >= 11 is 0. The zero-order valence-corrected chi connectivity index (χ0v) is 9.58. The van der Waals surface area contributed by atoms with Gasteiger partial charge < -0.3 is 16.2 Å². The summed E-state index contributed by atoms with van der Waals surface area (Å²) in [5, 5.41) is 10.9. The predicted molar refractivity (Wildman–Crippen MR) is 56.9 cm³/mol. The van der Waals surface area contributed by atoms with Gasteiger partial charge >= 0.3 is 5.97 Å². The van der Waals surface area contributed by atoms with E-state index >= 15 is 0 Å². The van der Waals surface area contributed by atoms with Crippen LogP contribution in [-0.2, 0) is 25.2 Å². The quantitative estimate of drug-likeness (QED) is 0.491. The predicted octanol–water partition coefficient (Wildman–Crippen LogP) is -1.80. The average molecular weight is 250 g/mol. The van der Waals surface area contributed by atoms with E-state index in [1.807, 2.05) is 0 Å². The number of carboxylic acid groups (broad SMARTS) is 1. The zero-order valence-electron chi connectivity index (χ0n) is 8.76. The second-order valence-electron chi connectivity index (χ2n) is 3.12. The fraction of sp³-hybridized carbons (Fsp3) is 0.625. The van der Waals surface area contributed by atoms with Gasteiger partial charge in [0.2, 0.25) is 11.8 Å². The molecule has 8 heteroatoms. The lowest BCUT2D eigenvalue weighted by atomic mass is 10.3. The molecule has 0 aromatic heterocycles. The fourth-order valence-corrected chi connectivity index (χ4v) is 2.10. The monoisotopic (exact) mass is 250 g/mol. The highest BCUT2D eigenvalue weighted by Crippen LogP contribution is 1.94. The Labute approximate surface area is 94.8 Å². The van der Waals surface area contributed by atoms with Gasteiger partial charge in [-0.1, -0.05) is 0 Å². The molecule has 2 atom stereocenters. The van der Waals surface area contributed by atoms with Crippen molar-refractivity contribution in [1.82, 2.24) is 5.32 Å². The minimum atomic E-state index is -1.50. The summed E-state index contributed by atoms with van der Waals surface area (Å²) in [5.41, 5.74) is 4.85. The normalized spacial score (nSPS) is 13.8. The molecule has 0 aliphatic heterocycles. The summed E-state index contributed by atoms with van der Waals surface area (Å²) in [6.07, 6.45) is -0.0704. The lowest BCUT2D eigenvalue weighted by Crippen LogP contribution is -2.43. The molecule has 7 nitrogen and oxygen atoms in total. The summed E-state index contributed by atoms with van der Waals surface area (Å²) in [7, 11) is -1.50. The van der Waals surface area contributed by atoms with Gasteiger partial charge in [-0.3, -0.25) is 13.8 Å². The molecule has 0 heterocycles. The highest BCUT2D eigenvalue weighted by atomic mass is 32.2. The molecule has 0 saturated carbocycles. The first-order valence-electron chi connectivity index (χ1n) is 4.46. The molecule has 4 N–H and O–H groups in total. The third-order valence-corrected chi connectivity index (χ3v) is 2.97. The molecule has 2 amide bonds. The van der Waals surface area contributed by atoms with E-state index in [1.165, 1.54) is 6.92 Å². The van der Waals surface area contributed by atoms with Crippen molar-refractivity contribution in [2.45, 2.75) is 19.4 Å². The Morgan fingerprint density at radius 2 is 2.00 bits per heavy atom. The Kier molecular flexibility index (Phi) is 6.31. The molecule has 1 unspecified atom stereocenters. The number of rotatable bonds is 7. The number of carbonyl (C=O) groups excluding carboxylic acids is 2. The molecule has 0 aromatic rings. The number of primary amides is 1. The van der Waals surface area contributed by atoms with Crippen LogP contribution in [0, 0.1) is 0 Å². The molecule has 0 aliphatic rings. The summed E-state index contributed by atoms with van der Waals surface area (Å²) in [4.78, 5) is 31.7. The van der Waals surface area contributed by atoms with Crippen molar-refractivity contribution in [3.05, 3.63) is 0 Å². The number of nitrogens with one attached hydrogen (secondary N) is 1. The number of amides is 2. The van der Waals surface area contributed by atoms with Crippen LogP contribution in [0.15, 0.2) is 0 Å². The van der Waals surface area contributed by atoms with Crippen LogP contribution in [0.3, 0.4) is 0 Å². The maximum Gasteiger partial charge on any atom is 0.327 e. The third-order valence-electron chi connectivity index (χ3n) is 1.60. The van der Waals surface area contributed by atoms with E-state index in [2.05, 4.69) is 5.32 Å². The molecule has 92 valence electrons. The van der Waals surface area contributed by atoms with E-state index in [9.17, 15) is 18.6 Å². The van der Waals surface area contributed by atoms with Crippen LogP contribution in [0.2, 0.25) is 0 Å². The van der Waals surface area contributed by atoms with Crippen LogP contribution in [-0.4, -0.2) is 44.6 Å². The van der Waals surface area contributed by atoms with Gasteiger partial charge in [0, 0.05) is 29.9 Å². The Morgan fingerprint density at radius 1 is 1.44 bits per heavy atom. The molecule has 0 aliphatic carbocycles. The molecule has 0 radical (unpaired) electrons. The lowest BCUT2D eigenvalue weighted by molar-refractivity contribution is -0.140. The van der Waals surface area contributed by atoms with E-state index < -0.39 is 34.6 Å². The van der Waals surface area contributed by atoms with Crippen LogP contribution < -0.4 is 11.1 Å². The zero-order chi connectivity index (χ0) is 12.7. The summed E-state index contributed by atoms with van der Waals surface area (Å²) < 4.78 is 11.3. The maximum absolute atomic E-state index is 11.3. The molecule has 0 aromatic carbocycles. The van der Waals surface area contributed by atoms with Gasteiger partial charge in [0.25, 0.3) is 0 Å². The van der Waals surface area contributed by atoms with Gasteiger partial charge in [-0.15, -0.1) is 0 Å². The topological polar surface area (TPSA) is 127 Å². The van der Waals surface area contributed by atoms with Crippen molar-refractivity contribution >= 4 is 28.6 Å². The minimum Gasteiger partial charge on any atom is -0.480 e. The maximum atomic E-state index is 11.3. The molecule has 0 bridgehead atoms. The van der Waals surface area contributed by atoms with Gasteiger partial charge in [0.05, 0.1) is 5.75 Å². The van der Waals surface area contributed by atoms with Gasteiger partial charge in [0.15, 0.2) is 0 Å². The molecule has 0 saturated heterocycles. The second kappa shape index (κ2) is 6.94. The Hall–Kier alpha value is -1.44. The summed E-state index contributed by atoms with van der Waals surface area (Å²) in [5.74, 6) is -2.61. The minimum absolute atomic E-state index is 0.00129. The van der Waals surface area contributed by atoms with E-state index in [-0.39, 0.29) is 17.9 Å². The van der Waals surface area contributed by atoms with E-state index in [1.54, 1.807) is 0 Å². The lowest BCUT2D eigenvalue weighted by Gasteiger charge is -2.12. The van der Waals surface area contributed by atoms with Crippen molar-refractivity contribution in [3.8, 4) is 0 Å². The largest absolute Gasteiger partial charge is 0.480 e. The average Bonchev–Trinajstić information content (AvgIpc) is 2.12. The Morgan fingerprint density at radius 3 is 2.38 bits per heavy atom. The highest BCUT2D eigenvalue weighted by Gasteiger charge is 2.21. The molecule has 0 spiro atoms. The molecule has 0 rings (SSSR count). The van der Waals surface area contributed by atoms with Crippen molar-refractivity contribution in [2.75, 3.05) is 11.5 Å². The Bertz CT molecular complexity index is 318. The van der Waals surface area contributed by atoms with Crippen molar-refractivity contribution < 1.29 is 23.7 Å². The molecule has 0 fully saturated rings. The number of hydrogen-bond donors (Lipinski definition) is 3. The van der Waals surface area contributed by atoms with Crippen LogP contribution in [0.4, 0.5) is 0 Å². The number of carboxylic acids is 1. The van der Waals surface area contributed by atoms with Gasteiger partial charge in [0.1, 0.15) is 6.04 Å². The van der Waals surface area contributed by atoms with E-state index in [0.717, 1.165) is 0 Å². The van der Waals surface area contributed by atoms with E-state index in [0.29, 0.717) is 0 Å². The van der Waals surface area contributed by atoms with Crippen molar-refractivity contribution in [1.29, 1.82) is 0 Å². The van der Waals surface area contributed by atoms with Crippen LogP contribution in [0.5, 0.6) is 0 Å². The first-order chi connectivity index (χ1) is 7.32. The molecule has 16 heavy (non-hydrogen) atoms. The van der Waals surface area contributed by atoms with Gasteiger partial charge in [-0.25, -0.2) is 4.79 Å². The summed E-state index contributed by atoms with van der Waals surface area (Å²) in [6, 6.07) is -1.20. The number of aliphatic carboxylic acids is 1. The van der Waals surface area contributed by atoms with Crippen LogP contribution in [0.25, 0.3) is 0 Å². The first-order valence-corrected chi connectivity index (χ1v) is 5.95. The van der Waals surface area contributed by atoms with Gasteiger partial charge in [-0.2, -0.15) is 0 Å². The van der Waals surface area contributed by atoms with Crippen LogP contribution >= 0.6 is 0 Å². The third kappa shape index (κ3) is 6.93. The summed E-state index contributed by atoms with van der Waals surface area (Å²) in [6.45, 7) is 1.17. The Balaban J connectivity index is 4.18.